The van der Waals surface area contributed by atoms with Crippen molar-refractivity contribution in [3.8, 4) is 0 Å². The van der Waals surface area contributed by atoms with Crippen molar-refractivity contribution in [1.29, 1.82) is 0 Å². The molecule has 116 valence electrons. The van der Waals surface area contributed by atoms with Gasteiger partial charge in [0.15, 0.2) is 0 Å². The SMILES string of the molecule is CCCCC(CCC)NC(=O)c1cc([N+](=O)[O-])cnc1N. The zero-order valence-electron chi connectivity index (χ0n) is 12.5. The maximum Gasteiger partial charge on any atom is 0.288 e. The Morgan fingerprint density at radius 3 is 2.71 bits per heavy atom. The molecule has 7 heteroatoms. The summed E-state index contributed by atoms with van der Waals surface area (Å²) in [6.45, 7) is 4.14. The number of nitrogens with two attached hydrogens (primary N) is 1. The topological polar surface area (TPSA) is 111 Å². The van der Waals surface area contributed by atoms with E-state index >= 15 is 0 Å². The zero-order valence-corrected chi connectivity index (χ0v) is 12.5. The average Bonchev–Trinajstić information content (AvgIpc) is 2.45. The first kappa shape index (κ1) is 16.9. The first-order chi connectivity index (χ1) is 9.99. The van der Waals surface area contributed by atoms with Crippen molar-refractivity contribution < 1.29 is 9.72 Å². The molecule has 0 spiro atoms. The molecule has 0 bridgehead atoms. The van der Waals surface area contributed by atoms with Gasteiger partial charge in [-0.1, -0.05) is 33.1 Å². The third kappa shape index (κ3) is 5.02. The number of anilines is 1. The van der Waals surface area contributed by atoms with Crippen LogP contribution in [-0.4, -0.2) is 21.9 Å². The minimum atomic E-state index is -0.593. The smallest absolute Gasteiger partial charge is 0.288 e. The van der Waals surface area contributed by atoms with Crippen LogP contribution in [0.25, 0.3) is 0 Å². The van der Waals surface area contributed by atoms with Crippen LogP contribution in [-0.2, 0) is 0 Å². The lowest BCUT2D eigenvalue weighted by Gasteiger charge is -2.18. The Bertz CT molecular complexity index is 505. The number of nitro groups is 1. The van der Waals surface area contributed by atoms with Gasteiger partial charge < -0.3 is 11.1 Å². The monoisotopic (exact) mass is 294 g/mol. The lowest BCUT2D eigenvalue weighted by atomic mass is 10.0. The molecule has 1 rings (SSSR count). The van der Waals surface area contributed by atoms with Crippen molar-refractivity contribution in [2.45, 2.75) is 52.0 Å². The second-order valence-corrected chi connectivity index (χ2v) is 4.98. The largest absolute Gasteiger partial charge is 0.383 e. The summed E-state index contributed by atoms with van der Waals surface area (Å²) in [5, 5.41) is 13.6. The number of aromatic nitrogens is 1. The number of hydrogen-bond donors (Lipinski definition) is 2. The number of nitrogen functional groups attached to an aromatic ring is 1. The molecular formula is C14H22N4O3. The molecule has 1 aromatic heterocycles. The van der Waals surface area contributed by atoms with Gasteiger partial charge in [-0.2, -0.15) is 0 Å². The minimum Gasteiger partial charge on any atom is -0.383 e. The van der Waals surface area contributed by atoms with E-state index in [0.717, 1.165) is 38.3 Å². The summed E-state index contributed by atoms with van der Waals surface area (Å²) in [5.74, 6) is -0.401. The van der Waals surface area contributed by atoms with Crippen LogP contribution >= 0.6 is 0 Å². The number of nitrogens with zero attached hydrogens (tertiary/aromatic N) is 2. The van der Waals surface area contributed by atoms with Crippen molar-refractivity contribution in [2.75, 3.05) is 5.73 Å². The van der Waals surface area contributed by atoms with Gasteiger partial charge in [-0.3, -0.25) is 14.9 Å². The highest BCUT2D eigenvalue weighted by atomic mass is 16.6. The van der Waals surface area contributed by atoms with Gasteiger partial charge in [-0.05, 0) is 12.8 Å². The molecule has 0 aliphatic heterocycles. The molecule has 0 aliphatic carbocycles. The number of carbonyl (C=O) groups is 1. The molecule has 0 saturated carbocycles. The van der Waals surface area contributed by atoms with Crippen LogP contribution < -0.4 is 11.1 Å². The van der Waals surface area contributed by atoms with E-state index in [1.807, 2.05) is 6.92 Å². The summed E-state index contributed by atoms with van der Waals surface area (Å²) < 4.78 is 0. The maximum absolute atomic E-state index is 12.2. The van der Waals surface area contributed by atoms with E-state index in [-0.39, 0.29) is 23.1 Å². The van der Waals surface area contributed by atoms with Gasteiger partial charge in [-0.15, -0.1) is 0 Å². The third-order valence-corrected chi connectivity index (χ3v) is 3.24. The van der Waals surface area contributed by atoms with Crippen LogP contribution in [0, 0.1) is 10.1 Å². The normalized spacial score (nSPS) is 11.9. The van der Waals surface area contributed by atoms with Crippen LogP contribution in [0.1, 0.15) is 56.3 Å². The first-order valence-corrected chi connectivity index (χ1v) is 7.20. The van der Waals surface area contributed by atoms with Crippen molar-refractivity contribution in [3.63, 3.8) is 0 Å². The fraction of sp³-hybridized carbons (Fsp3) is 0.571. The molecular weight excluding hydrogens is 272 g/mol. The molecule has 0 aromatic carbocycles. The van der Waals surface area contributed by atoms with E-state index in [2.05, 4.69) is 17.2 Å². The molecule has 21 heavy (non-hydrogen) atoms. The van der Waals surface area contributed by atoms with Gasteiger partial charge in [0.1, 0.15) is 12.0 Å². The highest BCUT2D eigenvalue weighted by molar-refractivity contribution is 5.99. The van der Waals surface area contributed by atoms with Crippen LogP contribution in [0.15, 0.2) is 12.3 Å². The lowest BCUT2D eigenvalue weighted by Crippen LogP contribution is -2.35. The number of nitrogens with one attached hydrogen (secondary N) is 1. The molecule has 1 unspecified atom stereocenters. The predicted octanol–water partition coefficient (Wildman–Crippen LogP) is 2.66. The standard InChI is InChI=1S/C14H22N4O3/c1-3-5-7-10(6-4-2)17-14(19)12-8-11(18(20)21)9-16-13(12)15/h8-10H,3-7H2,1-2H3,(H2,15,16)(H,17,19). The predicted molar refractivity (Wildman–Crippen MR) is 81.0 cm³/mol. The van der Waals surface area contributed by atoms with Crippen LogP contribution in [0.5, 0.6) is 0 Å². The Morgan fingerprint density at radius 1 is 1.43 bits per heavy atom. The Balaban J connectivity index is 2.85. The summed E-state index contributed by atoms with van der Waals surface area (Å²) in [7, 11) is 0. The molecule has 1 amide bonds. The Hall–Kier alpha value is -2.18. The number of rotatable bonds is 8. The van der Waals surface area contributed by atoms with Gasteiger partial charge in [0, 0.05) is 12.1 Å². The van der Waals surface area contributed by atoms with E-state index in [1.54, 1.807) is 0 Å². The number of unbranched alkanes of at least 4 members (excludes halogenated alkanes) is 1. The van der Waals surface area contributed by atoms with Crippen molar-refractivity contribution >= 4 is 17.4 Å². The van der Waals surface area contributed by atoms with Crippen molar-refractivity contribution in [2.24, 2.45) is 0 Å². The van der Waals surface area contributed by atoms with Crippen LogP contribution in [0.4, 0.5) is 11.5 Å². The quantitative estimate of drug-likeness (QED) is 0.565. The van der Waals surface area contributed by atoms with Gasteiger partial charge in [0.2, 0.25) is 0 Å². The zero-order chi connectivity index (χ0) is 15.8. The van der Waals surface area contributed by atoms with E-state index in [4.69, 9.17) is 5.73 Å². The van der Waals surface area contributed by atoms with E-state index in [9.17, 15) is 14.9 Å². The average molecular weight is 294 g/mol. The highest BCUT2D eigenvalue weighted by Gasteiger charge is 2.19. The Morgan fingerprint density at radius 2 is 2.14 bits per heavy atom. The van der Waals surface area contributed by atoms with Crippen LogP contribution in [0.2, 0.25) is 0 Å². The van der Waals surface area contributed by atoms with Gasteiger partial charge in [0.25, 0.3) is 11.6 Å². The Kier molecular flexibility index (Phi) is 6.58. The molecule has 3 N–H and O–H groups in total. The molecule has 1 aromatic rings. The number of hydrogen-bond acceptors (Lipinski definition) is 5. The number of amides is 1. The highest BCUT2D eigenvalue weighted by Crippen LogP contribution is 2.17. The number of carbonyl (C=O) groups excluding carboxylic acids is 1. The fourth-order valence-corrected chi connectivity index (χ4v) is 2.10. The van der Waals surface area contributed by atoms with E-state index in [1.165, 1.54) is 6.07 Å². The Labute approximate surface area is 124 Å². The van der Waals surface area contributed by atoms with Crippen molar-refractivity contribution in [3.05, 3.63) is 27.9 Å². The molecule has 0 aliphatic rings. The minimum absolute atomic E-state index is 0.00356. The lowest BCUT2D eigenvalue weighted by molar-refractivity contribution is -0.385. The summed E-state index contributed by atoms with van der Waals surface area (Å²) >= 11 is 0. The molecule has 1 atom stereocenters. The fourth-order valence-electron chi connectivity index (χ4n) is 2.10. The first-order valence-electron chi connectivity index (χ1n) is 7.20. The van der Waals surface area contributed by atoms with Gasteiger partial charge >= 0.3 is 0 Å². The second kappa shape index (κ2) is 8.18. The summed E-state index contributed by atoms with van der Waals surface area (Å²) in [6, 6.07) is 1.22. The summed E-state index contributed by atoms with van der Waals surface area (Å²) in [6.07, 6.45) is 5.83. The second-order valence-electron chi connectivity index (χ2n) is 4.98. The summed E-state index contributed by atoms with van der Waals surface area (Å²) in [4.78, 5) is 26.1. The molecule has 7 nitrogen and oxygen atoms in total. The molecule has 1 heterocycles. The summed E-state index contributed by atoms with van der Waals surface area (Å²) in [5.41, 5.74) is 5.46. The van der Waals surface area contributed by atoms with Crippen LogP contribution in [0.3, 0.4) is 0 Å². The molecule has 0 radical (unpaired) electrons. The molecule has 0 fully saturated rings. The van der Waals surface area contributed by atoms with E-state index < -0.39 is 10.8 Å². The maximum atomic E-state index is 12.2. The van der Waals surface area contributed by atoms with E-state index in [0.29, 0.717) is 0 Å². The number of pyridine rings is 1. The van der Waals surface area contributed by atoms with Crippen molar-refractivity contribution in [1.82, 2.24) is 10.3 Å². The molecule has 0 saturated heterocycles. The third-order valence-electron chi connectivity index (χ3n) is 3.24. The van der Waals surface area contributed by atoms with Gasteiger partial charge in [0.05, 0.1) is 10.5 Å². The van der Waals surface area contributed by atoms with Gasteiger partial charge in [-0.25, -0.2) is 4.98 Å².